The van der Waals surface area contributed by atoms with Crippen molar-refractivity contribution in [2.75, 3.05) is 0 Å². The molecule has 0 bridgehead atoms. The molecule has 3 heteroatoms. The van der Waals surface area contributed by atoms with Gasteiger partial charge in [-0.15, -0.1) is 0 Å². The van der Waals surface area contributed by atoms with Gasteiger partial charge < -0.3 is 4.74 Å². The summed E-state index contributed by atoms with van der Waals surface area (Å²) in [6, 6.07) is 8.10. The highest BCUT2D eigenvalue weighted by Gasteiger charge is 2.33. The molecule has 0 spiro atoms. The molecule has 0 N–H and O–H groups in total. The van der Waals surface area contributed by atoms with Crippen LogP contribution in [-0.2, 0) is 11.8 Å². The number of fused-ring (bicyclic) bond motifs is 1. The van der Waals surface area contributed by atoms with E-state index < -0.39 is 0 Å². The molecule has 0 saturated heterocycles. The second-order valence-corrected chi connectivity index (χ2v) is 7.47. The summed E-state index contributed by atoms with van der Waals surface area (Å²) >= 11 is 0. The van der Waals surface area contributed by atoms with Crippen molar-refractivity contribution < 1.29 is 4.74 Å². The fraction of sp³-hybridized carbons (Fsp3) is 0.500. The molecule has 1 aromatic heterocycles. The number of aryl methyl sites for hydroxylation is 1. The molecule has 3 rings (SSSR count). The molecule has 0 amide bonds. The van der Waals surface area contributed by atoms with E-state index in [9.17, 15) is 0 Å². The minimum atomic E-state index is 0.0873. The number of ether oxygens (including phenoxy) is 1. The van der Waals surface area contributed by atoms with Crippen molar-refractivity contribution in [3.63, 3.8) is 0 Å². The smallest absolute Gasteiger partial charge is 0.226 e. The Morgan fingerprint density at radius 2 is 1.87 bits per heavy atom. The molecule has 1 aliphatic carbocycles. The standard InChI is InChI=1S/C20H26N2O/c1-13(2)18-21-17-15(10-8-12-20(17,4)5)19(22-18)23-16-11-7-6-9-14(16)3/h6-7,9,11,13H,8,10,12H2,1-5H3. The molecule has 0 fully saturated rings. The Balaban J connectivity index is 2.12. The SMILES string of the molecule is Cc1ccccc1Oc1nc(C(C)C)nc2c1CCCC2(C)C. The normalized spacial score (nSPS) is 16.3. The fourth-order valence-corrected chi connectivity index (χ4v) is 3.21. The molecule has 0 unspecified atom stereocenters. The molecule has 23 heavy (non-hydrogen) atoms. The molecule has 1 aromatic carbocycles. The average Bonchev–Trinajstić information content (AvgIpc) is 2.49. The van der Waals surface area contributed by atoms with Gasteiger partial charge in [-0.3, -0.25) is 0 Å². The summed E-state index contributed by atoms with van der Waals surface area (Å²) in [5.41, 5.74) is 3.57. The Hall–Kier alpha value is -1.90. The fourth-order valence-electron chi connectivity index (χ4n) is 3.21. The Kier molecular flexibility index (Phi) is 4.13. The maximum atomic E-state index is 6.24. The highest BCUT2D eigenvalue weighted by molar-refractivity contribution is 5.42. The Morgan fingerprint density at radius 1 is 1.13 bits per heavy atom. The number of hydrogen-bond acceptors (Lipinski definition) is 3. The summed E-state index contributed by atoms with van der Waals surface area (Å²) in [5, 5.41) is 0. The van der Waals surface area contributed by atoms with Gasteiger partial charge in [-0.1, -0.05) is 45.9 Å². The zero-order chi connectivity index (χ0) is 16.6. The second-order valence-electron chi connectivity index (χ2n) is 7.47. The first-order valence-corrected chi connectivity index (χ1v) is 8.53. The van der Waals surface area contributed by atoms with E-state index in [1.54, 1.807) is 0 Å². The Bertz CT molecular complexity index is 720. The minimum absolute atomic E-state index is 0.0873. The first-order valence-electron chi connectivity index (χ1n) is 8.53. The van der Waals surface area contributed by atoms with Crippen LogP contribution >= 0.6 is 0 Å². The molecule has 122 valence electrons. The lowest BCUT2D eigenvalue weighted by Crippen LogP contribution is -2.27. The van der Waals surface area contributed by atoms with Crippen LogP contribution in [0.25, 0.3) is 0 Å². The van der Waals surface area contributed by atoms with Gasteiger partial charge in [-0.05, 0) is 37.8 Å². The predicted molar refractivity (Wildman–Crippen MR) is 93.3 cm³/mol. The van der Waals surface area contributed by atoms with Gasteiger partial charge >= 0.3 is 0 Å². The number of rotatable bonds is 3. The maximum Gasteiger partial charge on any atom is 0.226 e. The van der Waals surface area contributed by atoms with Gasteiger partial charge in [-0.2, -0.15) is 4.98 Å². The van der Waals surface area contributed by atoms with E-state index in [0.717, 1.165) is 35.9 Å². The van der Waals surface area contributed by atoms with Crippen LogP contribution in [0.15, 0.2) is 24.3 Å². The summed E-state index contributed by atoms with van der Waals surface area (Å²) in [7, 11) is 0. The van der Waals surface area contributed by atoms with Crippen LogP contribution in [0, 0.1) is 6.92 Å². The number of benzene rings is 1. The first-order chi connectivity index (χ1) is 10.9. The molecule has 0 atom stereocenters. The number of para-hydroxylation sites is 1. The predicted octanol–water partition coefficient (Wildman–Crippen LogP) is 5.31. The lowest BCUT2D eigenvalue weighted by molar-refractivity contribution is 0.386. The zero-order valence-electron chi connectivity index (χ0n) is 14.8. The molecule has 0 saturated carbocycles. The van der Waals surface area contributed by atoms with Crippen LogP contribution in [0.4, 0.5) is 0 Å². The largest absolute Gasteiger partial charge is 0.438 e. The van der Waals surface area contributed by atoms with E-state index in [2.05, 4.69) is 40.7 Å². The van der Waals surface area contributed by atoms with Crippen molar-refractivity contribution in [1.29, 1.82) is 0 Å². The van der Waals surface area contributed by atoms with Crippen molar-refractivity contribution in [3.8, 4) is 11.6 Å². The van der Waals surface area contributed by atoms with Gasteiger partial charge in [0, 0.05) is 16.9 Å². The third kappa shape index (κ3) is 3.10. The van der Waals surface area contributed by atoms with Gasteiger partial charge in [0.05, 0.1) is 5.69 Å². The number of hydrogen-bond donors (Lipinski definition) is 0. The van der Waals surface area contributed by atoms with E-state index in [1.165, 1.54) is 17.7 Å². The lowest BCUT2D eigenvalue weighted by atomic mass is 9.76. The maximum absolute atomic E-state index is 6.24. The van der Waals surface area contributed by atoms with E-state index in [4.69, 9.17) is 14.7 Å². The van der Waals surface area contributed by atoms with Gasteiger partial charge in [0.15, 0.2) is 0 Å². The van der Waals surface area contributed by atoms with E-state index in [0.29, 0.717) is 0 Å². The van der Waals surface area contributed by atoms with Crippen molar-refractivity contribution in [3.05, 3.63) is 46.9 Å². The number of nitrogens with zero attached hydrogens (tertiary/aromatic N) is 2. The van der Waals surface area contributed by atoms with E-state index >= 15 is 0 Å². The average molecular weight is 310 g/mol. The summed E-state index contributed by atoms with van der Waals surface area (Å²) in [4.78, 5) is 9.65. The van der Waals surface area contributed by atoms with Crippen molar-refractivity contribution in [1.82, 2.24) is 9.97 Å². The van der Waals surface area contributed by atoms with Crippen LogP contribution in [0.3, 0.4) is 0 Å². The zero-order valence-corrected chi connectivity index (χ0v) is 14.8. The highest BCUT2D eigenvalue weighted by Crippen LogP contribution is 2.40. The van der Waals surface area contributed by atoms with E-state index in [1.807, 2.05) is 18.2 Å². The third-order valence-electron chi connectivity index (χ3n) is 4.67. The monoisotopic (exact) mass is 310 g/mol. The van der Waals surface area contributed by atoms with Crippen molar-refractivity contribution in [2.24, 2.45) is 0 Å². The molecular weight excluding hydrogens is 284 g/mol. The molecule has 0 aliphatic heterocycles. The second kappa shape index (κ2) is 5.95. The van der Waals surface area contributed by atoms with Gasteiger partial charge in [0.2, 0.25) is 5.88 Å². The third-order valence-corrected chi connectivity index (χ3v) is 4.67. The molecule has 1 heterocycles. The Labute approximate surface area is 139 Å². The molecule has 2 aromatic rings. The minimum Gasteiger partial charge on any atom is -0.438 e. The topological polar surface area (TPSA) is 35.0 Å². The van der Waals surface area contributed by atoms with Gasteiger partial charge in [-0.25, -0.2) is 4.98 Å². The summed E-state index contributed by atoms with van der Waals surface area (Å²) in [5.74, 6) is 2.80. The first kappa shape index (κ1) is 16.0. The van der Waals surface area contributed by atoms with Crippen LogP contribution in [0.2, 0.25) is 0 Å². The van der Waals surface area contributed by atoms with Gasteiger partial charge in [0.1, 0.15) is 11.6 Å². The molecule has 1 aliphatic rings. The van der Waals surface area contributed by atoms with Crippen molar-refractivity contribution in [2.45, 2.75) is 65.2 Å². The summed E-state index contributed by atoms with van der Waals surface area (Å²) < 4.78 is 6.24. The number of aromatic nitrogens is 2. The van der Waals surface area contributed by atoms with Crippen LogP contribution in [0.1, 0.15) is 69.1 Å². The Morgan fingerprint density at radius 3 is 2.57 bits per heavy atom. The summed E-state index contributed by atoms with van der Waals surface area (Å²) in [6.07, 6.45) is 3.32. The van der Waals surface area contributed by atoms with Gasteiger partial charge in [0.25, 0.3) is 0 Å². The molecule has 3 nitrogen and oxygen atoms in total. The summed E-state index contributed by atoms with van der Waals surface area (Å²) in [6.45, 7) is 10.9. The molecule has 0 radical (unpaired) electrons. The highest BCUT2D eigenvalue weighted by atomic mass is 16.5. The van der Waals surface area contributed by atoms with Crippen LogP contribution in [0.5, 0.6) is 11.6 Å². The molecular formula is C20H26N2O. The van der Waals surface area contributed by atoms with Crippen LogP contribution in [-0.4, -0.2) is 9.97 Å². The quantitative estimate of drug-likeness (QED) is 0.770. The van der Waals surface area contributed by atoms with Crippen LogP contribution < -0.4 is 4.74 Å². The van der Waals surface area contributed by atoms with E-state index in [-0.39, 0.29) is 11.3 Å². The van der Waals surface area contributed by atoms with Crippen molar-refractivity contribution >= 4 is 0 Å². The lowest BCUT2D eigenvalue weighted by Gasteiger charge is -2.32.